The second kappa shape index (κ2) is 5.19. The number of hydrogen-bond donors (Lipinski definition) is 2. The molecule has 0 saturated heterocycles. The molecule has 0 aliphatic carbocycles. The van der Waals surface area contributed by atoms with Crippen molar-refractivity contribution in [3.63, 3.8) is 0 Å². The molecule has 0 radical (unpaired) electrons. The van der Waals surface area contributed by atoms with Gasteiger partial charge < -0.3 is 11.1 Å². The van der Waals surface area contributed by atoms with Crippen LogP contribution in [0.25, 0.3) is 0 Å². The van der Waals surface area contributed by atoms with E-state index in [1.165, 1.54) is 12.1 Å². The zero-order valence-electron chi connectivity index (χ0n) is 9.65. The van der Waals surface area contributed by atoms with Crippen LogP contribution in [0.15, 0.2) is 42.5 Å². The van der Waals surface area contributed by atoms with Crippen LogP contribution in [0.2, 0.25) is 0 Å². The maximum atomic E-state index is 13.0. The molecule has 0 bridgehead atoms. The first-order valence-corrected chi connectivity index (χ1v) is 5.47. The molecule has 2 rings (SSSR count). The molecule has 4 heteroatoms. The summed E-state index contributed by atoms with van der Waals surface area (Å²) >= 11 is 0. The largest absolute Gasteiger partial charge is 0.398 e. The lowest BCUT2D eigenvalue weighted by molar-refractivity contribution is 0.627. The number of nitrogens with two attached hydrogens (primary N) is 1. The summed E-state index contributed by atoms with van der Waals surface area (Å²) in [6.45, 7) is 0.493. The number of rotatable bonds is 3. The summed E-state index contributed by atoms with van der Waals surface area (Å²) in [5.41, 5.74) is 8.32. The van der Waals surface area contributed by atoms with Gasteiger partial charge in [0.25, 0.3) is 0 Å². The number of para-hydroxylation sites is 1. The topological polar surface area (TPSA) is 61.8 Å². The van der Waals surface area contributed by atoms with E-state index >= 15 is 0 Å². The minimum absolute atomic E-state index is 0.282. The second-order valence-corrected chi connectivity index (χ2v) is 3.85. The van der Waals surface area contributed by atoms with Gasteiger partial charge in [0.05, 0.1) is 11.3 Å². The normalized spacial score (nSPS) is 9.78. The van der Waals surface area contributed by atoms with E-state index in [1.54, 1.807) is 6.07 Å². The summed E-state index contributed by atoms with van der Waals surface area (Å²) in [7, 11) is 0. The number of nitrogens with zero attached hydrogens (tertiary/aromatic N) is 1. The van der Waals surface area contributed by atoms with Crippen molar-refractivity contribution in [2.24, 2.45) is 0 Å². The van der Waals surface area contributed by atoms with E-state index in [9.17, 15) is 4.39 Å². The van der Waals surface area contributed by atoms with E-state index < -0.39 is 5.82 Å². The van der Waals surface area contributed by atoms with Crippen LogP contribution in [0, 0.1) is 17.1 Å². The Hall–Kier alpha value is -2.54. The molecule has 0 spiro atoms. The summed E-state index contributed by atoms with van der Waals surface area (Å²) in [6, 6.07) is 13.5. The van der Waals surface area contributed by atoms with Crippen molar-refractivity contribution in [2.75, 3.05) is 11.1 Å². The Balaban J connectivity index is 2.16. The molecule has 0 aliphatic rings. The number of hydrogen-bond acceptors (Lipinski definition) is 3. The molecule has 3 nitrogen and oxygen atoms in total. The fraction of sp³-hybridized carbons (Fsp3) is 0.0714. The molecule has 2 aromatic carbocycles. The van der Waals surface area contributed by atoms with Crippen molar-refractivity contribution < 1.29 is 4.39 Å². The minimum Gasteiger partial charge on any atom is -0.398 e. The number of halogens is 1. The molecule has 0 saturated carbocycles. The van der Waals surface area contributed by atoms with Gasteiger partial charge in [-0.3, -0.25) is 0 Å². The molecular weight excluding hydrogens is 229 g/mol. The van der Waals surface area contributed by atoms with Crippen molar-refractivity contribution in [3.05, 3.63) is 59.4 Å². The molecule has 0 amide bonds. The van der Waals surface area contributed by atoms with Crippen LogP contribution in [0.1, 0.15) is 11.1 Å². The van der Waals surface area contributed by atoms with Gasteiger partial charge in [0.1, 0.15) is 11.9 Å². The summed E-state index contributed by atoms with van der Waals surface area (Å²) in [5.74, 6) is -0.420. The highest BCUT2D eigenvalue weighted by molar-refractivity contribution is 5.58. The quantitative estimate of drug-likeness (QED) is 0.812. The van der Waals surface area contributed by atoms with Gasteiger partial charge in [-0.25, -0.2) is 4.39 Å². The van der Waals surface area contributed by atoms with Crippen molar-refractivity contribution in [2.45, 2.75) is 6.54 Å². The number of nitrogens with one attached hydrogen (secondary N) is 1. The molecule has 3 N–H and O–H groups in total. The highest BCUT2D eigenvalue weighted by atomic mass is 19.1. The van der Waals surface area contributed by atoms with Crippen molar-refractivity contribution >= 4 is 11.4 Å². The van der Waals surface area contributed by atoms with Gasteiger partial charge in [-0.1, -0.05) is 18.2 Å². The Kier molecular flexibility index (Phi) is 3.44. The van der Waals surface area contributed by atoms with Crippen LogP contribution in [0.4, 0.5) is 15.8 Å². The SMILES string of the molecule is N#Cc1cc(F)ccc1NCc1ccccc1N. The highest BCUT2D eigenvalue weighted by Crippen LogP contribution is 2.18. The van der Waals surface area contributed by atoms with Crippen molar-refractivity contribution in [1.29, 1.82) is 5.26 Å². The number of benzene rings is 2. The summed E-state index contributed by atoms with van der Waals surface area (Å²) < 4.78 is 13.0. The van der Waals surface area contributed by atoms with Gasteiger partial charge >= 0.3 is 0 Å². The molecule has 0 fully saturated rings. The molecule has 2 aromatic rings. The number of nitrogen functional groups attached to an aromatic ring is 1. The summed E-state index contributed by atoms with van der Waals surface area (Å²) in [6.07, 6.45) is 0. The van der Waals surface area contributed by atoms with Crippen LogP contribution in [0.5, 0.6) is 0 Å². The summed E-state index contributed by atoms with van der Waals surface area (Å²) in [5, 5.41) is 12.0. The third-order valence-electron chi connectivity index (χ3n) is 2.63. The average Bonchev–Trinajstić information content (AvgIpc) is 2.39. The van der Waals surface area contributed by atoms with Crippen molar-refractivity contribution in [3.8, 4) is 6.07 Å². The number of anilines is 2. The molecule has 0 heterocycles. The second-order valence-electron chi connectivity index (χ2n) is 3.85. The zero-order chi connectivity index (χ0) is 13.0. The molecule has 90 valence electrons. The first kappa shape index (κ1) is 11.9. The Morgan fingerprint density at radius 1 is 1.22 bits per heavy atom. The molecule has 0 unspecified atom stereocenters. The maximum absolute atomic E-state index is 13.0. The summed E-state index contributed by atoms with van der Waals surface area (Å²) in [4.78, 5) is 0. The Labute approximate surface area is 105 Å². The van der Waals surface area contributed by atoms with E-state index in [0.29, 0.717) is 17.9 Å². The monoisotopic (exact) mass is 241 g/mol. The van der Waals surface area contributed by atoms with Crippen LogP contribution >= 0.6 is 0 Å². The molecule has 18 heavy (non-hydrogen) atoms. The van der Waals surface area contributed by atoms with E-state index in [4.69, 9.17) is 11.0 Å². The highest BCUT2D eigenvalue weighted by Gasteiger charge is 2.04. The van der Waals surface area contributed by atoms with Gasteiger partial charge in [0, 0.05) is 12.2 Å². The fourth-order valence-electron chi connectivity index (χ4n) is 1.65. The lowest BCUT2D eigenvalue weighted by atomic mass is 10.1. The van der Waals surface area contributed by atoms with Crippen LogP contribution < -0.4 is 11.1 Å². The first-order valence-electron chi connectivity index (χ1n) is 5.47. The predicted octanol–water partition coefficient (Wildman–Crippen LogP) is 2.89. The van der Waals surface area contributed by atoms with E-state index in [1.807, 2.05) is 30.3 Å². The van der Waals surface area contributed by atoms with Crippen LogP contribution in [0.3, 0.4) is 0 Å². The predicted molar refractivity (Wildman–Crippen MR) is 69.3 cm³/mol. The van der Waals surface area contributed by atoms with Gasteiger partial charge in [0.2, 0.25) is 0 Å². The van der Waals surface area contributed by atoms with E-state index in [-0.39, 0.29) is 5.56 Å². The third-order valence-corrected chi connectivity index (χ3v) is 2.63. The van der Waals surface area contributed by atoms with E-state index in [2.05, 4.69) is 5.32 Å². The minimum atomic E-state index is -0.420. The molecule has 0 aromatic heterocycles. The van der Waals surface area contributed by atoms with E-state index in [0.717, 1.165) is 5.56 Å². The van der Waals surface area contributed by atoms with Crippen molar-refractivity contribution in [1.82, 2.24) is 0 Å². The lowest BCUT2D eigenvalue weighted by Gasteiger charge is -2.10. The van der Waals surface area contributed by atoms with Gasteiger partial charge in [-0.2, -0.15) is 5.26 Å². The molecule has 0 atom stereocenters. The lowest BCUT2D eigenvalue weighted by Crippen LogP contribution is -2.04. The zero-order valence-corrected chi connectivity index (χ0v) is 9.65. The Morgan fingerprint density at radius 3 is 2.72 bits per heavy atom. The number of nitriles is 1. The smallest absolute Gasteiger partial charge is 0.124 e. The van der Waals surface area contributed by atoms with Crippen LogP contribution in [-0.4, -0.2) is 0 Å². The Bertz CT molecular complexity index is 602. The fourth-order valence-corrected chi connectivity index (χ4v) is 1.65. The van der Waals surface area contributed by atoms with Gasteiger partial charge in [0.15, 0.2) is 0 Å². The standard InChI is InChI=1S/C14H12FN3/c15-12-5-6-14(11(7-12)8-16)18-9-10-3-1-2-4-13(10)17/h1-7,18H,9,17H2. The van der Waals surface area contributed by atoms with Crippen LogP contribution in [-0.2, 0) is 6.54 Å². The third kappa shape index (κ3) is 2.58. The molecular formula is C14H12FN3. The van der Waals surface area contributed by atoms with Gasteiger partial charge in [-0.15, -0.1) is 0 Å². The average molecular weight is 241 g/mol. The maximum Gasteiger partial charge on any atom is 0.124 e. The van der Waals surface area contributed by atoms with Gasteiger partial charge in [-0.05, 0) is 29.8 Å². The Morgan fingerprint density at radius 2 is 2.00 bits per heavy atom. The molecule has 0 aliphatic heterocycles. The first-order chi connectivity index (χ1) is 8.70.